The third kappa shape index (κ3) is 2.35. The van der Waals surface area contributed by atoms with Crippen LogP contribution in [0.4, 0.5) is 0 Å². The van der Waals surface area contributed by atoms with Crippen LogP contribution in [0.15, 0.2) is 24.3 Å². The predicted molar refractivity (Wildman–Crippen MR) is 83.1 cm³/mol. The van der Waals surface area contributed by atoms with E-state index >= 15 is 0 Å². The summed E-state index contributed by atoms with van der Waals surface area (Å²) in [7, 11) is -3.46. The highest BCUT2D eigenvalue weighted by Crippen LogP contribution is 2.62. The van der Waals surface area contributed by atoms with Crippen molar-refractivity contribution in [2.75, 3.05) is 13.2 Å². The molecule has 2 amide bonds. The summed E-state index contributed by atoms with van der Waals surface area (Å²) < 4.78 is 23.5. The van der Waals surface area contributed by atoms with E-state index in [1.807, 2.05) is 0 Å². The second kappa shape index (κ2) is 5.53. The van der Waals surface area contributed by atoms with Gasteiger partial charge in [0, 0.05) is 0 Å². The molecule has 0 unspecified atom stereocenters. The molecule has 0 saturated carbocycles. The van der Waals surface area contributed by atoms with Crippen molar-refractivity contribution >= 4 is 19.4 Å². The number of carbonyl (C=O) groups is 2. The smallest absolute Gasteiger partial charge is 0.308 e. The van der Waals surface area contributed by atoms with Gasteiger partial charge in [-0.05, 0) is 32.9 Å². The van der Waals surface area contributed by atoms with Crippen molar-refractivity contribution in [3.05, 3.63) is 35.4 Å². The zero-order valence-electron chi connectivity index (χ0n) is 13.2. The van der Waals surface area contributed by atoms with Crippen molar-refractivity contribution in [2.45, 2.75) is 32.2 Å². The molecule has 8 heteroatoms. The molecule has 0 bridgehead atoms. The van der Waals surface area contributed by atoms with E-state index in [9.17, 15) is 14.2 Å². The zero-order chi connectivity index (χ0) is 16.8. The van der Waals surface area contributed by atoms with Gasteiger partial charge >= 0.3 is 7.60 Å². The summed E-state index contributed by atoms with van der Waals surface area (Å²) in [5.41, 5.74) is -0.366. The summed E-state index contributed by atoms with van der Waals surface area (Å²) in [6.07, 6.45) is 0. The van der Waals surface area contributed by atoms with Crippen molar-refractivity contribution in [2.24, 2.45) is 0 Å². The lowest BCUT2D eigenvalue weighted by molar-refractivity contribution is 0.0566. The maximum Gasteiger partial charge on any atom is 0.351 e. The van der Waals surface area contributed by atoms with E-state index in [4.69, 9.17) is 9.05 Å². The molecule has 0 radical (unpaired) electrons. The van der Waals surface area contributed by atoms with Gasteiger partial charge in [-0.2, -0.15) is 0 Å². The lowest BCUT2D eigenvalue weighted by Gasteiger charge is -2.24. The van der Waals surface area contributed by atoms with E-state index in [0.29, 0.717) is 11.1 Å². The second-order valence-corrected chi connectivity index (χ2v) is 7.67. The zero-order valence-corrected chi connectivity index (χ0v) is 14.1. The molecule has 1 aromatic rings. The number of nitrogens with zero attached hydrogens (tertiary/aromatic N) is 1. The molecule has 2 aliphatic rings. The van der Waals surface area contributed by atoms with Gasteiger partial charge in [0.2, 0.25) is 0 Å². The van der Waals surface area contributed by atoms with E-state index in [2.05, 4.69) is 5.32 Å². The molecule has 0 aliphatic carbocycles. The van der Waals surface area contributed by atoms with Crippen LogP contribution in [0.1, 0.15) is 41.5 Å². The molecule has 0 aromatic heterocycles. The van der Waals surface area contributed by atoms with E-state index in [1.54, 1.807) is 45.0 Å². The highest BCUT2D eigenvalue weighted by molar-refractivity contribution is 7.55. The van der Waals surface area contributed by atoms with Gasteiger partial charge < -0.3 is 9.05 Å². The van der Waals surface area contributed by atoms with Crippen LogP contribution in [0.2, 0.25) is 0 Å². The molecular weight excluding hydrogens is 319 g/mol. The first kappa shape index (κ1) is 16.3. The fraction of sp³-hybridized carbons (Fsp3) is 0.467. The minimum Gasteiger partial charge on any atom is -0.308 e. The van der Waals surface area contributed by atoms with Crippen molar-refractivity contribution in [3.63, 3.8) is 0 Å². The molecule has 0 spiro atoms. The fourth-order valence-electron chi connectivity index (χ4n) is 2.97. The van der Waals surface area contributed by atoms with E-state index < -0.39 is 30.9 Å². The SMILES string of the molecule is CCOP(=O)(OCC)[C@@H]1N[C@@]1(C)N1C(=O)c2ccccc2C1=O. The number of imide groups is 1. The largest absolute Gasteiger partial charge is 0.351 e. The predicted octanol–water partition coefficient (Wildman–Crippen LogP) is 2.19. The van der Waals surface area contributed by atoms with Crippen molar-refractivity contribution in [1.82, 2.24) is 10.2 Å². The molecule has 2 heterocycles. The highest BCUT2D eigenvalue weighted by Gasteiger charge is 2.68. The van der Waals surface area contributed by atoms with Crippen LogP contribution in [0.5, 0.6) is 0 Å². The van der Waals surface area contributed by atoms with Gasteiger partial charge in [0.1, 0.15) is 11.4 Å². The van der Waals surface area contributed by atoms with Crippen LogP contribution in [-0.2, 0) is 13.6 Å². The van der Waals surface area contributed by atoms with Gasteiger partial charge in [-0.15, -0.1) is 0 Å². The Balaban J connectivity index is 1.91. The Hall–Kier alpha value is -1.53. The van der Waals surface area contributed by atoms with Crippen LogP contribution in [-0.4, -0.2) is 41.4 Å². The van der Waals surface area contributed by atoms with E-state index in [1.165, 1.54) is 0 Å². The normalized spacial score (nSPS) is 26.6. The number of hydrogen-bond donors (Lipinski definition) is 1. The molecular formula is C15H19N2O5P. The number of benzene rings is 1. The summed E-state index contributed by atoms with van der Waals surface area (Å²) in [4.78, 5) is 26.3. The average molecular weight is 338 g/mol. The summed E-state index contributed by atoms with van der Waals surface area (Å²) in [6.45, 7) is 5.52. The number of carbonyl (C=O) groups excluding carboxylic acids is 2. The molecule has 1 aromatic carbocycles. The third-order valence-electron chi connectivity index (χ3n) is 4.07. The molecule has 2 aliphatic heterocycles. The van der Waals surface area contributed by atoms with Crippen LogP contribution >= 0.6 is 7.60 Å². The van der Waals surface area contributed by atoms with Crippen LogP contribution in [0, 0.1) is 0 Å². The molecule has 1 N–H and O–H groups in total. The van der Waals surface area contributed by atoms with Gasteiger partial charge in [0.25, 0.3) is 11.8 Å². The monoisotopic (exact) mass is 338 g/mol. The Morgan fingerprint density at radius 1 is 1.13 bits per heavy atom. The molecule has 124 valence electrons. The first-order valence-corrected chi connectivity index (χ1v) is 9.14. The van der Waals surface area contributed by atoms with Gasteiger partial charge in [-0.3, -0.25) is 24.4 Å². The molecule has 3 rings (SSSR count). The minimum absolute atomic E-state index is 0.216. The van der Waals surface area contributed by atoms with Gasteiger partial charge in [0.15, 0.2) is 0 Å². The van der Waals surface area contributed by atoms with Crippen molar-refractivity contribution in [1.29, 1.82) is 0 Å². The van der Waals surface area contributed by atoms with Crippen LogP contribution in [0.25, 0.3) is 0 Å². The first-order chi connectivity index (χ1) is 10.9. The van der Waals surface area contributed by atoms with E-state index in [0.717, 1.165) is 4.90 Å². The third-order valence-corrected chi connectivity index (χ3v) is 6.57. The standard InChI is InChI=1S/C15H19N2O5P/c1-4-21-23(20,22-5-2)14-15(3,16-14)17-12(18)10-8-6-7-9-11(10)13(17)19/h6-9,14,16H,4-5H2,1-3H3/t14-,15-/m0/s1. The fourth-order valence-corrected chi connectivity index (χ4v) is 5.21. The van der Waals surface area contributed by atoms with Crippen LogP contribution < -0.4 is 5.32 Å². The number of rotatable bonds is 6. The van der Waals surface area contributed by atoms with Crippen LogP contribution in [0.3, 0.4) is 0 Å². The van der Waals surface area contributed by atoms with Gasteiger partial charge in [-0.25, -0.2) is 0 Å². The Labute approximate surface area is 134 Å². The highest BCUT2D eigenvalue weighted by atomic mass is 31.2. The number of fused-ring (bicyclic) bond motifs is 1. The Kier molecular flexibility index (Phi) is 3.92. The molecule has 23 heavy (non-hydrogen) atoms. The van der Waals surface area contributed by atoms with Gasteiger partial charge in [-0.1, -0.05) is 12.1 Å². The maximum atomic E-state index is 12.9. The molecule has 1 saturated heterocycles. The average Bonchev–Trinajstić information content (AvgIpc) is 3.14. The number of hydrogen-bond acceptors (Lipinski definition) is 6. The number of amides is 2. The summed E-state index contributed by atoms with van der Waals surface area (Å²) in [6, 6.07) is 6.64. The number of nitrogens with one attached hydrogen (secondary N) is 1. The topological polar surface area (TPSA) is 94.8 Å². The summed E-state index contributed by atoms with van der Waals surface area (Å²) >= 11 is 0. The molecule has 7 nitrogen and oxygen atoms in total. The van der Waals surface area contributed by atoms with Crippen molar-refractivity contribution < 1.29 is 23.2 Å². The summed E-state index contributed by atoms with van der Waals surface area (Å²) in [5, 5.41) is 2.96. The molecule has 2 atom stereocenters. The second-order valence-electron chi connectivity index (χ2n) is 5.56. The Morgan fingerprint density at radius 3 is 2.04 bits per heavy atom. The minimum atomic E-state index is -3.46. The lowest BCUT2D eigenvalue weighted by atomic mass is 10.1. The first-order valence-electron chi connectivity index (χ1n) is 7.53. The van der Waals surface area contributed by atoms with Gasteiger partial charge in [0.05, 0.1) is 24.3 Å². The lowest BCUT2D eigenvalue weighted by Crippen LogP contribution is -2.44. The van der Waals surface area contributed by atoms with E-state index in [-0.39, 0.29) is 13.2 Å². The Bertz CT molecular complexity index is 677. The quantitative estimate of drug-likeness (QED) is 0.485. The maximum absolute atomic E-state index is 12.9. The summed E-state index contributed by atoms with van der Waals surface area (Å²) in [5.74, 6) is -1.53. The van der Waals surface area contributed by atoms with Crippen molar-refractivity contribution in [3.8, 4) is 0 Å². The molecule has 1 fully saturated rings. The Morgan fingerprint density at radius 2 is 1.61 bits per heavy atom.